The highest BCUT2D eigenvalue weighted by Crippen LogP contribution is 2.32. The zero-order valence-electron chi connectivity index (χ0n) is 9.07. The Hall–Kier alpha value is -2.40. The van der Waals surface area contributed by atoms with Crippen molar-refractivity contribution < 1.29 is 9.47 Å². The third-order valence-electron chi connectivity index (χ3n) is 2.00. The zero-order chi connectivity index (χ0) is 12.0. The van der Waals surface area contributed by atoms with E-state index in [1.165, 1.54) is 14.2 Å². The fourth-order valence-electron chi connectivity index (χ4n) is 1.25. The first-order chi connectivity index (χ1) is 7.76. The third kappa shape index (κ3) is 2.34. The quantitative estimate of drug-likeness (QED) is 0.773. The van der Waals surface area contributed by atoms with E-state index in [-0.39, 0.29) is 6.54 Å². The van der Waals surface area contributed by atoms with Crippen molar-refractivity contribution in [3.05, 3.63) is 17.7 Å². The molecule has 0 aliphatic carbocycles. The van der Waals surface area contributed by atoms with E-state index in [0.29, 0.717) is 22.7 Å². The normalized spacial score (nSPS) is 8.75. The summed E-state index contributed by atoms with van der Waals surface area (Å²) in [5.74, 6) is 1.00. The molecule has 0 radical (unpaired) electrons. The van der Waals surface area contributed by atoms with Crippen LogP contribution in [0.5, 0.6) is 11.5 Å². The van der Waals surface area contributed by atoms with Crippen LogP contribution in [0.3, 0.4) is 0 Å². The first kappa shape index (κ1) is 11.7. The maximum absolute atomic E-state index is 8.93. The van der Waals surface area contributed by atoms with Gasteiger partial charge in [0.1, 0.15) is 12.6 Å². The molecule has 0 saturated heterocycles. The summed E-state index contributed by atoms with van der Waals surface area (Å²) in [5, 5.41) is 20.2. The molecular weight excluding hydrogens is 206 g/mol. The van der Waals surface area contributed by atoms with Gasteiger partial charge in [-0.2, -0.15) is 10.5 Å². The molecule has 16 heavy (non-hydrogen) atoms. The molecule has 82 valence electrons. The van der Waals surface area contributed by atoms with Gasteiger partial charge in [0.25, 0.3) is 0 Å². The van der Waals surface area contributed by atoms with Crippen LogP contribution in [0, 0.1) is 22.7 Å². The zero-order valence-corrected chi connectivity index (χ0v) is 9.07. The van der Waals surface area contributed by atoms with E-state index in [0.717, 1.165) is 0 Å². The Morgan fingerprint density at radius 1 is 1.19 bits per heavy atom. The topological polar surface area (TPSA) is 78.1 Å². The first-order valence-corrected chi connectivity index (χ1v) is 4.53. The lowest BCUT2D eigenvalue weighted by Crippen LogP contribution is -2.02. The van der Waals surface area contributed by atoms with Crippen LogP contribution in [0.2, 0.25) is 0 Å². The standard InChI is InChI=1S/C11H11N3O2/c1-15-10-5-8(7-13)9(14-4-3-12)6-11(10)16-2/h5-6,14H,4H2,1-2H3. The van der Waals surface area contributed by atoms with Crippen LogP contribution in [0.4, 0.5) is 5.69 Å². The molecule has 1 aromatic rings. The summed E-state index contributed by atoms with van der Waals surface area (Å²) in [7, 11) is 3.01. The monoisotopic (exact) mass is 217 g/mol. The van der Waals surface area contributed by atoms with Gasteiger partial charge in [-0.1, -0.05) is 0 Å². The van der Waals surface area contributed by atoms with Crippen LogP contribution in [0.25, 0.3) is 0 Å². The number of rotatable bonds is 4. The third-order valence-corrected chi connectivity index (χ3v) is 2.00. The molecule has 0 unspecified atom stereocenters. The summed E-state index contributed by atoms with van der Waals surface area (Å²) in [4.78, 5) is 0. The van der Waals surface area contributed by atoms with Crippen molar-refractivity contribution in [2.45, 2.75) is 0 Å². The molecular formula is C11H11N3O2. The van der Waals surface area contributed by atoms with Gasteiger partial charge in [0, 0.05) is 12.1 Å². The lowest BCUT2D eigenvalue weighted by Gasteiger charge is -2.11. The Morgan fingerprint density at radius 2 is 1.81 bits per heavy atom. The highest BCUT2D eigenvalue weighted by atomic mass is 16.5. The number of benzene rings is 1. The molecule has 0 amide bonds. The predicted molar refractivity (Wildman–Crippen MR) is 58.4 cm³/mol. The smallest absolute Gasteiger partial charge is 0.162 e. The maximum Gasteiger partial charge on any atom is 0.162 e. The van der Waals surface area contributed by atoms with E-state index in [1.54, 1.807) is 12.1 Å². The van der Waals surface area contributed by atoms with E-state index in [2.05, 4.69) is 5.32 Å². The van der Waals surface area contributed by atoms with Crippen LogP contribution in [-0.2, 0) is 0 Å². The van der Waals surface area contributed by atoms with Gasteiger partial charge in [0.15, 0.2) is 11.5 Å². The molecule has 5 nitrogen and oxygen atoms in total. The summed E-state index contributed by atoms with van der Waals surface area (Å²) in [6, 6.07) is 7.17. The van der Waals surface area contributed by atoms with Gasteiger partial charge in [0.05, 0.1) is 31.5 Å². The molecule has 0 aliphatic rings. The molecule has 0 saturated carbocycles. The maximum atomic E-state index is 8.93. The second-order valence-electron chi connectivity index (χ2n) is 2.88. The van der Waals surface area contributed by atoms with Crippen molar-refractivity contribution in [3.8, 4) is 23.6 Å². The van der Waals surface area contributed by atoms with Gasteiger partial charge in [0.2, 0.25) is 0 Å². The molecule has 5 heteroatoms. The van der Waals surface area contributed by atoms with Crippen LogP contribution < -0.4 is 14.8 Å². The van der Waals surface area contributed by atoms with Crippen LogP contribution in [-0.4, -0.2) is 20.8 Å². The fourth-order valence-corrected chi connectivity index (χ4v) is 1.25. The molecule has 0 heterocycles. The van der Waals surface area contributed by atoms with Gasteiger partial charge >= 0.3 is 0 Å². The molecule has 0 spiro atoms. The van der Waals surface area contributed by atoms with Crippen molar-refractivity contribution >= 4 is 5.69 Å². The average Bonchev–Trinajstić information content (AvgIpc) is 2.35. The van der Waals surface area contributed by atoms with Crippen LogP contribution in [0.1, 0.15) is 5.56 Å². The average molecular weight is 217 g/mol. The molecule has 1 N–H and O–H groups in total. The highest BCUT2D eigenvalue weighted by molar-refractivity contribution is 5.65. The van der Waals surface area contributed by atoms with Gasteiger partial charge in [-0.25, -0.2) is 0 Å². The summed E-state index contributed by atoms with van der Waals surface area (Å²) in [6.45, 7) is 0.129. The molecule has 0 aliphatic heterocycles. The van der Waals surface area contributed by atoms with E-state index in [9.17, 15) is 0 Å². The Labute approximate surface area is 93.8 Å². The van der Waals surface area contributed by atoms with Crippen molar-refractivity contribution in [2.75, 3.05) is 26.1 Å². The Kier molecular flexibility index (Phi) is 3.99. The Bertz CT molecular complexity index is 458. The van der Waals surface area contributed by atoms with Gasteiger partial charge in [-0.05, 0) is 0 Å². The number of hydrogen-bond acceptors (Lipinski definition) is 5. The summed E-state index contributed by atoms with van der Waals surface area (Å²) < 4.78 is 10.2. The SMILES string of the molecule is COc1cc(C#N)c(NCC#N)cc1OC. The van der Waals surface area contributed by atoms with Crippen molar-refractivity contribution in [2.24, 2.45) is 0 Å². The minimum absolute atomic E-state index is 0.129. The van der Waals surface area contributed by atoms with Crippen LogP contribution >= 0.6 is 0 Å². The molecule has 1 aromatic carbocycles. The largest absolute Gasteiger partial charge is 0.493 e. The lowest BCUT2D eigenvalue weighted by molar-refractivity contribution is 0.355. The second-order valence-corrected chi connectivity index (χ2v) is 2.88. The van der Waals surface area contributed by atoms with Crippen molar-refractivity contribution in [1.82, 2.24) is 0 Å². The van der Waals surface area contributed by atoms with Crippen LogP contribution in [0.15, 0.2) is 12.1 Å². The number of nitrogens with one attached hydrogen (secondary N) is 1. The van der Waals surface area contributed by atoms with Crippen molar-refractivity contribution in [1.29, 1.82) is 10.5 Å². The van der Waals surface area contributed by atoms with Gasteiger partial charge in [-0.15, -0.1) is 0 Å². The summed E-state index contributed by atoms with van der Waals surface area (Å²) in [6.07, 6.45) is 0. The number of nitrogens with zero attached hydrogens (tertiary/aromatic N) is 2. The molecule has 0 fully saturated rings. The van der Waals surface area contributed by atoms with E-state index in [4.69, 9.17) is 20.0 Å². The summed E-state index contributed by atoms with van der Waals surface area (Å²) >= 11 is 0. The Morgan fingerprint density at radius 3 is 2.31 bits per heavy atom. The number of nitriles is 2. The highest BCUT2D eigenvalue weighted by Gasteiger charge is 2.10. The minimum Gasteiger partial charge on any atom is -0.493 e. The van der Waals surface area contributed by atoms with Gasteiger partial charge in [-0.3, -0.25) is 0 Å². The molecule has 1 rings (SSSR count). The molecule has 0 bridgehead atoms. The predicted octanol–water partition coefficient (Wildman–Crippen LogP) is 1.51. The second kappa shape index (κ2) is 5.47. The number of ether oxygens (including phenoxy) is 2. The Balaban J connectivity index is 3.17. The lowest BCUT2D eigenvalue weighted by atomic mass is 10.1. The van der Waals surface area contributed by atoms with E-state index in [1.807, 2.05) is 12.1 Å². The number of hydrogen-bond donors (Lipinski definition) is 1. The fraction of sp³-hybridized carbons (Fsp3) is 0.273. The first-order valence-electron chi connectivity index (χ1n) is 4.53. The van der Waals surface area contributed by atoms with E-state index < -0.39 is 0 Å². The van der Waals surface area contributed by atoms with Gasteiger partial charge < -0.3 is 14.8 Å². The van der Waals surface area contributed by atoms with Crippen molar-refractivity contribution in [3.63, 3.8) is 0 Å². The van der Waals surface area contributed by atoms with E-state index >= 15 is 0 Å². The number of methoxy groups -OCH3 is 2. The minimum atomic E-state index is 0.129. The molecule has 0 atom stereocenters. The molecule has 0 aromatic heterocycles. The number of anilines is 1. The summed E-state index contributed by atoms with van der Waals surface area (Å²) in [5.41, 5.74) is 0.967.